The SMILES string of the molecule is CCc1ccc(S(=O)(=O)Nc2ccnn2-c2ncccn2)cc1. The highest BCUT2D eigenvalue weighted by Gasteiger charge is 2.17. The molecule has 0 bridgehead atoms. The van der Waals surface area contributed by atoms with E-state index in [9.17, 15) is 8.42 Å². The van der Waals surface area contributed by atoms with E-state index >= 15 is 0 Å². The van der Waals surface area contributed by atoms with Gasteiger partial charge in [-0.15, -0.1) is 0 Å². The highest BCUT2D eigenvalue weighted by Crippen LogP contribution is 2.18. The van der Waals surface area contributed by atoms with Crippen molar-refractivity contribution in [1.82, 2.24) is 19.7 Å². The Morgan fingerprint density at radius 1 is 1.04 bits per heavy atom. The molecule has 8 heteroatoms. The number of hydrogen-bond acceptors (Lipinski definition) is 5. The first-order chi connectivity index (χ1) is 11.1. The Labute approximate surface area is 134 Å². The van der Waals surface area contributed by atoms with Crippen LogP contribution in [0.1, 0.15) is 12.5 Å². The van der Waals surface area contributed by atoms with Crippen molar-refractivity contribution in [3.05, 3.63) is 60.6 Å². The van der Waals surface area contributed by atoms with Gasteiger partial charge in [0.25, 0.3) is 16.0 Å². The summed E-state index contributed by atoms with van der Waals surface area (Å²) in [6.07, 6.45) is 5.46. The lowest BCUT2D eigenvalue weighted by molar-refractivity contribution is 0.600. The average Bonchev–Trinajstić information content (AvgIpc) is 3.03. The third kappa shape index (κ3) is 3.21. The lowest BCUT2D eigenvalue weighted by Crippen LogP contribution is -2.16. The van der Waals surface area contributed by atoms with Crippen LogP contribution in [0.15, 0.2) is 59.9 Å². The Hall–Kier alpha value is -2.74. The smallest absolute Gasteiger partial charge is 0.263 e. The highest BCUT2D eigenvalue weighted by atomic mass is 32.2. The van der Waals surface area contributed by atoms with Gasteiger partial charge in [0.05, 0.1) is 11.1 Å². The Morgan fingerprint density at radius 3 is 2.39 bits per heavy atom. The summed E-state index contributed by atoms with van der Waals surface area (Å²) in [5.74, 6) is 0.562. The van der Waals surface area contributed by atoms with Gasteiger partial charge in [0.2, 0.25) is 0 Å². The summed E-state index contributed by atoms with van der Waals surface area (Å²) in [6, 6.07) is 9.99. The normalized spacial score (nSPS) is 11.3. The quantitative estimate of drug-likeness (QED) is 0.773. The minimum Gasteiger partial charge on any atom is -0.263 e. The Morgan fingerprint density at radius 2 is 1.74 bits per heavy atom. The third-order valence-electron chi connectivity index (χ3n) is 3.27. The van der Waals surface area contributed by atoms with Crippen molar-refractivity contribution in [2.75, 3.05) is 4.72 Å². The molecular formula is C15H15N5O2S. The van der Waals surface area contributed by atoms with E-state index in [2.05, 4.69) is 19.8 Å². The van der Waals surface area contributed by atoms with Crippen LogP contribution >= 0.6 is 0 Å². The van der Waals surface area contributed by atoms with Crippen LogP contribution in [-0.4, -0.2) is 28.2 Å². The predicted octanol–water partition coefficient (Wildman–Crippen LogP) is 2.03. The van der Waals surface area contributed by atoms with Crippen LogP contribution in [-0.2, 0) is 16.4 Å². The minimum absolute atomic E-state index is 0.191. The first-order valence-corrected chi connectivity index (χ1v) is 8.51. The van der Waals surface area contributed by atoms with Crippen LogP contribution in [0.3, 0.4) is 0 Å². The molecule has 1 aromatic carbocycles. The molecule has 0 radical (unpaired) electrons. The van der Waals surface area contributed by atoms with Crippen molar-refractivity contribution < 1.29 is 8.42 Å². The van der Waals surface area contributed by atoms with Gasteiger partial charge in [0, 0.05) is 18.5 Å². The molecule has 118 valence electrons. The number of benzene rings is 1. The van der Waals surface area contributed by atoms with Crippen molar-refractivity contribution in [2.24, 2.45) is 0 Å². The molecule has 2 heterocycles. The van der Waals surface area contributed by atoms with Gasteiger partial charge in [0.15, 0.2) is 0 Å². The zero-order valence-electron chi connectivity index (χ0n) is 12.4. The fraction of sp³-hybridized carbons (Fsp3) is 0.133. The van der Waals surface area contributed by atoms with Crippen LogP contribution in [0.5, 0.6) is 0 Å². The Bertz CT molecular complexity index is 889. The first kappa shape index (κ1) is 15.2. The van der Waals surface area contributed by atoms with Gasteiger partial charge in [0.1, 0.15) is 5.82 Å². The molecule has 0 saturated carbocycles. The second kappa shape index (κ2) is 6.17. The van der Waals surface area contributed by atoms with E-state index in [1.807, 2.05) is 6.92 Å². The van der Waals surface area contributed by atoms with Gasteiger partial charge < -0.3 is 0 Å². The Balaban J connectivity index is 1.91. The molecule has 0 aliphatic carbocycles. The third-order valence-corrected chi connectivity index (χ3v) is 4.64. The number of nitrogens with zero attached hydrogens (tertiary/aromatic N) is 4. The van der Waals surface area contributed by atoms with E-state index in [0.29, 0.717) is 0 Å². The molecule has 2 aromatic heterocycles. The molecule has 0 spiro atoms. The summed E-state index contributed by atoms with van der Waals surface area (Å²) in [4.78, 5) is 8.31. The van der Waals surface area contributed by atoms with Crippen molar-refractivity contribution in [3.63, 3.8) is 0 Å². The van der Waals surface area contributed by atoms with Crippen molar-refractivity contribution in [1.29, 1.82) is 0 Å². The van der Waals surface area contributed by atoms with Crippen LogP contribution < -0.4 is 4.72 Å². The van der Waals surface area contributed by atoms with Crippen molar-refractivity contribution >= 4 is 15.8 Å². The largest absolute Gasteiger partial charge is 0.263 e. The molecular weight excluding hydrogens is 314 g/mol. The standard InChI is InChI=1S/C15H15N5O2S/c1-2-12-4-6-13(7-5-12)23(21,22)19-14-8-11-18-20(14)15-16-9-3-10-17-15/h3-11,19H,2H2,1H3. The monoisotopic (exact) mass is 329 g/mol. The minimum atomic E-state index is -3.71. The average molecular weight is 329 g/mol. The molecule has 23 heavy (non-hydrogen) atoms. The maximum absolute atomic E-state index is 12.5. The number of sulfonamides is 1. The zero-order valence-corrected chi connectivity index (χ0v) is 13.2. The summed E-state index contributed by atoms with van der Waals surface area (Å²) in [5, 5.41) is 4.06. The van der Waals surface area contributed by atoms with Gasteiger partial charge >= 0.3 is 0 Å². The number of hydrogen-bond donors (Lipinski definition) is 1. The first-order valence-electron chi connectivity index (χ1n) is 7.03. The van der Waals surface area contributed by atoms with Crippen LogP contribution in [0.4, 0.5) is 5.82 Å². The van der Waals surface area contributed by atoms with E-state index in [0.717, 1.165) is 12.0 Å². The van der Waals surface area contributed by atoms with Gasteiger partial charge in [-0.1, -0.05) is 19.1 Å². The zero-order chi connectivity index (χ0) is 16.3. The molecule has 0 aliphatic heterocycles. The van der Waals surface area contributed by atoms with Gasteiger partial charge in [-0.3, -0.25) is 4.72 Å². The summed E-state index contributed by atoms with van der Waals surface area (Å²) < 4.78 is 28.8. The van der Waals surface area contributed by atoms with Gasteiger partial charge in [-0.25, -0.2) is 18.4 Å². The molecule has 0 amide bonds. The lowest BCUT2D eigenvalue weighted by Gasteiger charge is -2.09. The summed E-state index contributed by atoms with van der Waals surface area (Å²) >= 11 is 0. The second-order valence-corrected chi connectivity index (χ2v) is 6.46. The molecule has 0 saturated heterocycles. The topological polar surface area (TPSA) is 89.8 Å². The molecule has 7 nitrogen and oxygen atoms in total. The summed E-state index contributed by atoms with van der Waals surface area (Å²) in [6.45, 7) is 2.01. The van der Waals surface area contributed by atoms with E-state index in [-0.39, 0.29) is 16.7 Å². The van der Waals surface area contributed by atoms with E-state index in [1.165, 1.54) is 10.9 Å². The van der Waals surface area contributed by atoms with Crippen molar-refractivity contribution in [2.45, 2.75) is 18.2 Å². The fourth-order valence-corrected chi connectivity index (χ4v) is 3.08. The highest BCUT2D eigenvalue weighted by molar-refractivity contribution is 7.92. The van der Waals surface area contributed by atoms with Crippen LogP contribution in [0, 0.1) is 0 Å². The number of anilines is 1. The second-order valence-electron chi connectivity index (χ2n) is 4.78. The van der Waals surface area contributed by atoms with Gasteiger partial charge in [-0.05, 0) is 30.2 Å². The number of aryl methyl sites for hydroxylation is 1. The molecule has 0 fully saturated rings. The van der Waals surface area contributed by atoms with Gasteiger partial charge in [-0.2, -0.15) is 9.78 Å². The molecule has 3 rings (SSSR count). The predicted molar refractivity (Wildman–Crippen MR) is 85.8 cm³/mol. The fourth-order valence-electron chi connectivity index (χ4n) is 2.04. The van der Waals surface area contributed by atoms with Crippen molar-refractivity contribution in [3.8, 4) is 5.95 Å². The maximum atomic E-state index is 12.5. The molecule has 0 unspecified atom stereocenters. The Kier molecular flexibility index (Phi) is 4.07. The molecule has 0 atom stereocenters. The summed E-state index contributed by atoms with van der Waals surface area (Å²) in [5.41, 5.74) is 1.08. The molecule has 3 aromatic rings. The number of rotatable bonds is 5. The molecule has 1 N–H and O–H groups in total. The van der Waals surface area contributed by atoms with Crippen LogP contribution in [0.25, 0.3) is 5.95 Å². The van der Waals surface area contributed by atoms with Crippen LogP contribution in [0.2, 0.25) is 0 Å². The van der Waals surface area contributed by atoms with E-state index < -0.39 is 10.0 Å². The molecule has 0 aliphatic rings. The van der Waals surface area contributed by atoms with E-state index in [1.54, 1.807) is 48.8 Å². The maximum Gasteiger partial charge on any atom is 0.263 e. The van der Waals surface area contributed by atoms with E-state index in [4.69, 9.17) is 0 Å². The number of nitrogens with one attached hydrogen (secondary N) is 1. The summed E-state index contributed by atoms with van der Waals surface area (Å²) in [7, 11) is -3.71. The lowest BCUT2D eigenvalue weighted by atomic mass is 10.2. The number of aromatic nitrogens is 4.